The molecule has 1 saturated heterocycles. The van der Waals surface area contributed by atoms with E-state index >= 15 is 0 Å². The predicted octanol–water partition coefficient (Wildman–Crippen LogP) is 2.87. The van der Waals surface area contributed by atoms with Crippen LogP contribution in [0.2, 0.25) is 0 Å². The molecule has 1 aromatic heterocycles. The molecule has 17 heavy (non-hydrogen) atoms. The van der Waals surface area contributed by atoms with Crippen LogP contribution in [0.5, 0.6) is 0 Å². The minimum absolute atomic E-state index is 0.433. The summed E-state index contributed by atoms with van der Waals surface area (Å²) in [6.07, 6.45) is 4.47. The second kappa shape index (κ2) is 5.95. The van der Waals surface area contributed by atoms with Gasteiger partial charge in [0.2, 0.25) is 0 Å². The maximum atomic E-state index is 5.95. The van der Waals surface area contributed by atoms with Crippen molar-refractivity contribution in [2.45, 2.75) is 38.8 Å². The van der Waals surface area contributed by atoms with Crippen LogP contribution in [-0.2, 0) is 0 Å². The second-order valence-corrected chi connectivity index (χ2v) is 7.87. The van der Waals surface area contributed by atoms with Gasteiger partial charge in [0.05, 0.1) is 15.1 Å². The summed E-state index contributed by atoms with van der Waals surface area (Å²) >= 11 is 4.16. The standard InChI is InChI=1S/C12H20IN3S/c1-8(2)16-5-3-4-9(6-14)11(16)12-15-7-10(13)17-12/h7-9,11H,3-6,14H2,1-2H3. The third-order valence-electron chi connectivity index (χ3n) is 3.51. The number of halogens is 1. The number of hydrogen-bond donors (Lipinski definition) is 1. The van der Waals surface area contributed by atoms with Gasteiger partial charge in [0, 0.05) is 6.04 Å². The fraction of sp³-hybridized carbons (Fsp3) is 0.750. The number of thiazole rings is 1. The lowest BCUT2D eigenvalue weighted by molar-refractivity contribution is 0.0664. The van der Waals surface area contributed by atoms with Gasteiger partial charge in [-0.1, -0.05) is 0 Å². The maximum absolute atomic E-state index is 5.95. The van der Waals surface area contributed by atoms with Gasteiger partial charge >= 0.3 is 0 Å². The molecule has 2 unspecified atom stereocenters. The molecule has 1 fully saturated rings. The van der Waals surface area contributed by atoms with Gasteiger partial charge in [-0.3, -0.25) is 4.90 Å². The summed E-state index contributed by atoms with van der Waals surface area (Å²) in [6.45, 7) is 6.48. The molecule has 0 radical (unpaired) electrons. The van der Waals surface area contributed by atoms with Crippen molar-refractivity contribution in [1.29, 1.82) is 0 Å². The first-order chi connectivity index (χ1) is 8.13. The monoisotopic (exact) mass is 365 g/mol. The highest BCUT2D eigenvalue weighted by molar-refractivity contribution is 14.1. The minimum Gasteiger partial charge on any atom is -0.330 e. The van der Waals surface area contributed by atoms with Crippen LogP contribution in [0.25, 0.3) is 0 Å². The summed E-state index contributed by atoms with van der Waals surface area (Å²) in [5, 5.41) is 1.25. The number of nitrogens with two attached hydrogens (primary N) is 1. The van der Waals surface area contributed by atoms with Crippen molar-refractivity contribution in [2.75, 3.05) is 13.1 Å². The fourth-order valence-corrected chi connectivity index (χ4v) is 4.35. The molecule has 0 aliphatic carbocycles. The molecule has 0 spiro atoms. The Hall–Kier alpha value is 0.280. The first-order valence-corrected chi connectivity index (χ1v) is 8.10. The number of nitrogens with zero attached hydrogens (tertiary/aromatic N) is 2. The second-order valence-electron chi connectivity index (χ2n) is 4.92. The van der Waals surface area contributed by atoms with Crippen LogP contribution in [-0.4, -0.2) is 29.0 Å². The Morgan fingerprint density at radius 3 is 2.94 bits per heavy atom. The molecule has 0 amide bonds. The summed E-state index contributed by atoms with van der Waals surface area (Å²) in [7, 11) is 0. The topological polar surface area (TPSA) is 42.1 Å². The summed E-state index contributed by atoms with van der Waals surface area (Å²) < 4.78 is 1.27. The highest BCUT2D eigenvalue weighted by atomic mass is 127. The smallest absolute Gasteiger partial charge is 0.111 e. The van der Waals surface area contributed by atoms with E-state index in [2.05, 4.69) is 46.3 Å². The zero-order valence-corrected chi connectivity index (χ0v) is 13.4. The Balaban J connectivity index is 2.28. The molecular weight excluding hydrogens is 345 g/mol. The lowest BCUT2D eigenvalue weighted by atomic mass is 9.88. The summed E-state index contributed by atoms with van der Waals surface area (Å²) in [4.78, 5) is 7.15. The van der Waals surface area contributed by atoms with Crippen LogP contribution in [0.15, 0.2) is 6.20 Å². The van der Waals surface area contributed by atoms with Gasteiger partial charge < -0.3 is 5.73 Å². The number of aromatic nitrogens is 1. The molecule has 0 bridgehead atoms. The van der Waals surface area contributed by atoms with E-state index in [1.165, 1.54) is 27.3 Å². The Kier molecular flexibility index (Phi) is 4.80. The predicted molar refractivity (Wildman–Crippen MR) is 81.2 cm³/mol. The van der Waals surface area contributed by atoms with Gasteiger partial charge in [-0.05, 0) is 68.3 Å². The van der Waals surface area contributed by atoms with Crippen molar-refractivity contribution in [3.63, 3.8) is 0 Å². The molecule has 1 aromatic rings. The van der Waals surface area contributed by atoms with E-state index in [1.54, 1.807) is 0 Å². The third-order valence-corrected chi connectivity index (χ3v) is 5.31. The van der Waals surface area contributed by atoms with E-state index in [4.69, 9.17) is 5.73 Å². The highest BCUT2D eigenvalue weighted by Gasteiger charge is 2.34. The van der Waals surface area contributed by atoms with E-state index in [0.29, 0.717) is 18.0 Å². The SMILES string of the molecule is CC(C)N1CCCC(CN)C1c1ncc(I)s1. The number of hydrogen-bond acceptors (Lipinski definition) is 4. The normalized spacial score (nSPS) is 26.6. The molecule has 5 heteroatoms. The Labute approximate surface area is 121 Å². The minimum atomic E-state index is 0.433. The van der Waals surface area contributed by atoms with Gasteiger partial charge in [0.25, 0.3) is 0 Å². The molecule has 2 rings (SSSR count). The van der Waals surface area contributed by atoms with Crippen LogP contribution in [0.4, 0.5) is 0 Å². The van der Waals surface area contributed by atoms with Crippen molar-refractivity contribution in [3.8, 4) is 0 Å². The van der Waals surface area contributed by atoms with E-state index in [-0.39, 0.29) is 0 Å². The van der Waals surface area contributed by atoms with E-state index < -0.39 is 0 Å². The fourth-order valence-electron chi connectivity index (χ4n) is 2.68. The molecule has 1 aliphatic rings. The average Bonchev–Trinajstić information content (AvgIpc) is 2.74. The van der Waals surface area contributed by atoms with Crippen LogP contribution in [0.1, 0.15) is 37.7 Å². The van der Waals surface area contributed by atoms with Gasteiger partial charge in [-0.25, -0.2) is 4.98 Å². The summed E-state index contributed by atoms with van der Waals surface area (Å²) in [5.41, 5.74) is 5.95. The Morgan fingerprint density at radius 1 is 1.65 bits per heavy atom. The maximum Gasteiger partial charge on any atom is 0.111 e. The third kappa shape index (κ3) is 3.00. The zero-order chi connectivity index (χ0) is 12.4. The Morgan fingerprint density at radius 2 is 2.41 bits per heavy atom. The van der Waals surface area contributed by atoms with Gasteiger partial charge in [-0.2, -0.15) is 0 Å². The first-order valence-electron chi connectivity index (χ1n) is 6.20. The van der Waals surface area contributed by atoms with E-state index in [9.17, 15) is 0 Å². The molecule has 2 heterocycles. The molecule has 0 aromatic carbocycles. The van der Waals surface area contributed by atoms with Crippen molar-refractivity contribution < 1.29 is 0 Å². The number of likely N-dealkylation sites (tertiary alicyclic amines) is 1. The highest BCUT2D eigenvalue weighted by Crippen LogP contribution is 2.38. The molecule has 1 aliphatic heterocycles. The lowest BCUT2D eigenvalue weighted by Gasteiger charge is -2.42. The molecule has 2 N–H and O–H groups in total. The summed E-state index contributed by atoms with van der Waals surface area (Å²) in [6, 6.07) is 0.998. The van der Waals surface area contributed by atoms with Gasteiger partial charge in [0.1, 0.15) is 5.01 Å². The molecule has 96 valence electrons. The number of rotatable bonds is 3. The lowest BCUT2D eigenvalue weighted by Crippen LogP contribution is -2.44. The van der Waals surface area contributed by atoms with Crippen LogP contribution < -0.4 is 5.73 Å². The van der Waals surface area contributed by atoms with Crippen LogP contribution >= 0.6 is 33.9 Å². The van der Waals surface area contributed by atoms with Crippen LogP contribution in [0, 0.1) is 8.80 Å². The quantitative estimate of drug-likeness (QED) is 0.838. The largest absolute Gasteiger partial charge is 0.330 e. The van der Waals surface area contributed by atoms with Gasteiger partial charge in [-0.15, -0.1) is 11.3 Å². The van der Waals surface area contributed by atoms with Crippen LogP contribution in [0.3, 0.4) is 0 Å². The van der Waals surface area contributed by atoms with Crippen molar-refractivity contribution in [3.05, 3.63) is 14.1 Å². The first kappa shape index (κ1) is 13.7. The molecule has 3 nitrogen and oxygen atoms in total. The Bertz CT molecular complexity index is 366. The van der Waals surface area contributed by atoms with E-state index in [1.807, 2.05) is 17.5 Å². The van der Waals surface area contributed by atoms with Crippen molar-refractivity contribution in [2.24, 2.45) is 11.7 Å². The molecular formula is C12H20IN3S. The number of piperidine rings is 1. The molecule has 0 saturated carbocycles. The average molecular weight is 365 g/mol. The van der Waals surface area contributed by atoms with Crippen molar-refractivity contribution >= 4 is 33.9 Å². The van der Waals surface area contributed by atoms with Gasteiger partial charge in [0.15, 0.2) is 0 Å². The summed E-state index contributed by atoms with van der Waals surface area (Å²) in [5.74, 6) is 0.563. The van der Waals surface area contributed by atoms with Crippen molar-refractivity contribution in [1.82, 2.24) is 9.88 Å². The van der Waals surface area contributed by atoms with E-state index in [0.717, 1.165) is 6.54 Å². The molecule has 2 atom stereocenters. The zero-order valence-electron chi connectivity index (χ0n) is 10.4.